The summed E-state index contributed by atoms with van der Waals surface area (Å²) in [7, 11) is 0. The van der Waals surface area contributed by atoms with Crippen molar-refractivity contribution in [1.29, 1.82) is 0 Å². The van der Waals surface area contributed by atoms with Gasteiger partial charge in [-0.15, -0.1) is 0 Å². The van der Waals surface area contributed by atoms with Crippen molar-refractivity contribution in [2.24, 2.45) is 16.7 Å². The lowest BCUT2D eigenvalue weighted by molar-refractivity contribution is 0.223. The van der Waals surface area contributed by atoms with Gasteiger partial charge in [-0.05, 0) is 72.5 Å². The van der Waals surface area contributed by atoms with Gasteiger partial charge < -0.3 is 0 Å². The van der Waals surface area contributed by atoms with Gasteiger partial charge in [-0.3, -0.25) is 4.98 Å². The molecule has 25 heavy (non-hydrogen) atoms. The Labute approximate surface area is 152 Å². The first-order chi connectivity index (χ1) is 11.9. The van der Waals surface area contributed by atoms with Crippen molar-refractivity contribution >= 4 is 0 Å². The van der Waals surface area contributed by atoms with Crippen LogP contribution in [-0.4, -0.2) is 4.98 Å². The highest BCUT2D eigenvalue weighted by atomic mass is 14.6. The zero-order chi connectivity index (χ0) is 17.7. The molecule has 0 fully saturated rings. The second-order valence-corrected chi connectivity index (χ2v) is 9.60. The summed E-state index contributed by atoms with van der Waals surface area (Å²) in [5.41, 5.74) is 8.92. The summed E-state index contributed by atoms with van der Waals surface area (Å²) in [6.45, 7) is 9.90. The van der Waals surface area contributed by atoms with Gasteiger partial charge in [0.15, 0.2) is 0 Å². The number of fused-ring (bicyclic) bond motifs is 1. The van der Waals surface area contributed by atoms with Gasteiger partial charge in [0.2, 0.25) is 0 Å². The maximum Gasteiger partial charge on any atom is 0.0303 e. The van der Waals surface area contributed by atoms with E-state index in [0.717, 1.165) is 6.42 Å². The largest absolute Gasteiger partial charge is 0.264 e. The highest BCUT2D eigenvalue weighted by molar-refractivity contribution is 5.45. The first-order valence-corrected chi connectivity index (χ1v) is 9.85. The third kappa shape index (κ3) is 3.03. The molecule has 3 aliphatic rings. The van der Waals surface area contributed by atoms with Crippen LogP contribution in [0.2, 0.25) is 0 Å². The summed E-state index contributed by atoms with van der Waals surface area (Å²) in [4.78, 5) is 4.31. The number of aromatic nitrogens is 1. The Hall–Kier alpha value is -1.63. The summed E-state index contributed by atoms with van der Waals surface area (Å²) in [6, 6.07) is 4.26. The van der Waals surface area contributed by atoms with Crippen LogP contribution in [0.5, 0.6) is 0 Å². The molecule has 1 unspecified atom stereocenters. The molecule has 0 N–H and O–H groups in total. The third-order valence-electron chi connectivity index (χ3n) is 6.86. The molecule has 1 aromatic rings. The Bertz CT molecular complexity index is 759. The molecule has 0 spiro atoms. The van der Waals surface area contributed by atoms with Gasteiger partial charge in [0.1, 0.15) is 0 Å². The van der Waals surface area contributed by atoms with E-state index in [1.165, 1.54) is 37.7 Å². The predicted molar refractivity (Wildman–Crippen MR) is 105 cm³/mol. The second kappa shape index (κ2) is 5.97. The molecule has 132 valence electrons. The van der Waals surface area contributed by atoms with E-state index in [0.29, 0.717) is 16.7 Å². The van der Waals surface area contributed by atoms with Crippen LogP contribution in [0.4, 0.5) is 0 Å². The van der Waals surface area contributed by atoms with Gasteiger partial charge in [-0.25, -0.2) is 0 Å². The highest BCUT2D eigenvalue weighted by Gasteiger charge is 2.44. The van der Waals surface area contributed by atoms with E-state index in [1.807, 2.05) is 12.4 Å². The van der Waals surface area contributed by atoms with Gasteiger partial charge in [-0.2, -0.15) is 0 Å². The molecule has 0 amide bonds. The van der Waals surface area contributed by atoms with Gasteiger partial charge in [0, 0.05) is 12.4 Å². The lowest BCUT2D eigenvalue weighted by atomic mass is 9.55. The molecule has 0 saturated heterocycles. The highest BCUT2D eigenvalue weighted by Crippen LogP contribution is 2.57. The fraction of sp³-hybridized carbons (Fsp3) is 0.542. The van der Waals surface area contributed by atoms with Gasteiger partial charge in [-0.1, -0.05) is 62.6 Å². The molecule has 1 heteroatoms. The molecule has 1 heterocycles. The molecule has 0 aliphatic heterocycles. The molecular formula is C24H31N. The van der Waals surface area contributed by atoms with E-state index >= 15 is 0 Å². The molecule has 4 rings (SSSR count). The van der Waals surface area contributed by atoms with Crippen LogP contribution in [-0.2, 0) is 6.42 Å². The van der Waals surface area contributed by atoms with Crippen LogP contribution >= 0.6 is 0 Å². The van der Waals surface area contributed by atoms with E-state index < -0.39 is 0 Å². The zero-order valence-electron chi connectivity index (χ0n) is 16.2. The molecule has 0 radical (unpaired) electrons. The van der Waals surface area contributed by atoms with Crippen molar-refractivity contribution in [2.75, 3.05) is 0 Å². The fourth-order valence-electron chi connectivity index (χ4n) is 5.48. The Morgan fingerprint density at radius 3 is 2.80 bits per heavy atom. The van der Waals surface area contributed by atoms with E-state index in [-0.39, 0.29) is 0 Å². The van der Waals surface area contributed by atoms with E-state index in [1.54, 1.807) is 22.3 Å². The smallest absolute Gasteiger partial charge is 0.0303 e. The van der Waals surface area contributed by atoms with Crippen molar-refractivity contribution in [3.8, 4) is 0 Å². The third-order valence-corrected chi connectivity index (χ3v) is 6.86. The Balaban J connectivity index is 1.74. The number of hydrogen-bond acceptors (Lipinski definition) is 1. The summed E-state index contributed by atoms with van der Waals surface area (Å²) in [5, 5.41) is 0. The Morgan fingerprint density at radius 1 is 1.20 bits per heavy atom. The van der Waals surface area contributed by atoms with Crippen molar-refractivity contribution in [2.45, 2.75) is 66.2 Å². The van der Waals surface area contributed by atoms with Crippen molar-refractivity contribution < 1.29 is 0 Å². The summed E-state index contributed by atoms with van der Waals surface area (Å²) < 4.78 is 0. The Kier molecular flexibility index (Phi) is 4.02. The summed E-state index contributed by atoms with van der Waals surface area (Å²) >= 11 is 0. The molecule has 0 saturated carbocycles. The average Bonchev–Trinajstić information content (AvgIpc) is 2.55. The van der Waals surface area contributed by atoms with Crippen LogP contribution in [0.25, 0.3) is 0 Å². The number of rotatable bonds is 2. The van der Waals surface area contributed by atoms with Gasteiger partial charge in [0.05, 0.1) is 0 Å². The van der Waals surface area contributed by atoms with Gasteiger partial charge in [0.25, 0.3) is 0 Å². The normalized spacial score (nSPS) is 27.1. The van der Waals surface area contributed by atoms with Gasteiger partial charge >= 0.3 is 0 Å². The maximum atomic E-state index is 4.31. The average molecular weight is 334 g/mol. The van der Waals surface area contributed by atoms with E-state index in [4.69, 9.17) is 0 Å². The van der Waals surface area contributed by atoms with Crippen LogP contribution in [0.3, 0.4) is 0 Å². The molecule has 1 nitrogen and oxygen atoms in total. The number of hydrogen-bond donors (Lipinski definition) is 0. The number of pyridine rings is 1. The fourth-order valence-corrected chi connectivity index (χ4v) is 5.48. The first-order valence-electron chi connectivity index (χ1n) is 9.85. The topological polar surface area (TPSA) is 12.9 Å². The van der Waals surface area contributed by atoms with Crippen LogP contribution < -0.4 is 0 Å². The molecule has 0 aromatic carbocycles. The summed E-state index contributed by atoms with van der Waals surface area (Å²) in [6.07, 6.45) is 16.1. The number of nitrogens with zero attached hydrogens (tertiary/aromatic N) is 1. The van der Waals surface area contributed by atoms with Crippen molar-refractivity contribution in [3.05, 3.63) is 64.5 Å². The lowest BCUT2D eigenvalue weighted by Crippen LogP contribution is -2.37. The van der Waals surface area contributed by atoms with Crippen LogP contribution in [0, 0.1) is 16.7 Å². The SMILES string of the molecule is CC1(C)CCC2=C(CC3=C(Cc4cccnc4)C=CCC3C2(C)C)C1. The molecule has 0 bridgehead atoms. The monoisotopic (exact) mass is 333 g/mol. The first kappa shape index (κ1) is 16.8. The van der Waals surface area contributed by atoms with E-state index in [9.17, 15) is 0 Å². The Morgan fingerprint density at radius 2 is 2.04 bits per heavy atom. The minimum absolute atomic E-state index is 0.310. The second-order valence-electron chi connectivity index (χ2n) is 9.60. The molecule has 1 aromatic heterocycles. The maximum absolute atomic E-state index is 4.31. The molecule has 3 aliphatic carbocycles. The minimum Gasteiger partial charge on any atom is -0.264 e. The molecule has 1 atom stereocenters. The standard InChI is InChI=1S/C24H31N/c1-23(2)11-10-21-19(15-23)14-20-18(13-17-7-6-12-25-16-17)8-5-9-22(20)24(21,3)4/h5-8,12,16,22H,9-11,13-15H2,1-4H3. The lowest BCUT2D eigenvalue weighted by Gasteiger charge is -2.49. The quantitative estimate of drug-likeness (QED) is 0.568. The number of allylic oxidation sites excluding steroid dienone is 6. The minimum atomic E-state index is 0.310. The molecular weight excluding hydrogens is 302 g/mol. The van der Waals surface area contributed by atoms with Crippen molar-refractivity contribution in [1.82, 2.24) is 4.98 Å². The summed E-state index contributed by atoms with van der Waals surface area (Å²) in [5.74, 6) is 0.684. The zero-order valence-corrected chi connectivity index (χ0v) is 16.2. The van der Waals surface area contributed by atoms with Crippen molar-refractivity contribution in [3.63, 3.8) is 0 Å². The predicted octanol–water partition coefficient (Wildman–Crippen LogP) is 6.43. The van der Waals surface area contributed by atoms with Crippen LogP contribution in [0.15, 0.2) is 59.0 Å². The van der Waals surface area contributed by atoms with E-state index in [2.05, 4.69) is 57.0 Å². The van der Waals surface area contributed by atoms with Crippen LogP contribution in [0.1, 0.15) is 65.4 Å².